The first-order valence-corrected chi connectivity index (χ1v) is 7.25. The van der Waals surface area contributed by atoms with Crippen molar-refractivity contribution in [2.75, 3.05) is 6.54 Å². The van der Waals surface area contributed by atoms with Crippen LogP contribution in [0.1, 0.15) is 49.9 Å². The summed E-state index contributed by atoms with van der Waals surface area (Å²) in [4.78, 5) is 21.9. The van der Waals surface area contributed by atoms with Crippen molar-refractivity contribution in [3.8, 4) is 5.75 Å². The fourth-order valence-electron chi connectivity index (χ4n) is 2.10. The number of carbonyl (C=O) groups excluding carboxylic acids is 1. The summed E-state index contributed by atoms with van der Waals surface area (Å²) in [6.45, 7) is 4.79. The molecular formula is C15H22N2O4. The first kappa shape index (κ1) is 16.9. The van der Waals surface area contributed by atoms with Gasteiger partial charge >= 0.3 is 5.69 Å². The minimum absolute atomic E-state index is 0.225. The van der Waals surface area contributed by atoms with Crippen LogP contribution in [0.15, 0.2) is 18.2 Å². The fraction of sp³-hybridized carbons (Fsp3) is 0.533. The van der Waals surface area contributed by atoms with Gasteiger partial charge in [0.15, 0.2) is 5.75 Å². The molecule has 0 fully saturated rings. The molecule has 0 radical (unpaired) electrons. The summed E-state index contributed by atoms with van der Waals surface area (Å²) >= 11 is 0. The smallest absolute Gasteiger partial charge is 0.310 e. The molecule has 6 nitrogen and oxygen atoms in total. The van der Waals surface area contributed by atoms with Gasteiger partial charge in [-0.15, -0.1) is 0 Å². The number of amides is 1. The van der Waals surface area contributed by atoms with Crippen LogP contribution in [0.3, 0.4) is 0 Å². The topological polar surface area (TPSA) is 92.5 Å². The van der Waals surface area contributed by atoms with Crippen molar-refractivity contribution in [3.63, 3.8) is 0 Å². The average molecular weight is 294 g/mol. The van der Waals surface area contributed by atoms with E-state index in [1.54, 1.807) is 0 Å². The maximum Gasteiger partial charge on any atom is 0.310 e. The second-order valence-electron chi connectivity index (χ2n) is 5.09. The molecule has 116 valence electrons. The number of hydrogen-bond acceptors (Lipinski definition) is 4. The third kappa shape index (κ3) is 5.06. The van der Waals surface area contributed by atoms with Crippen molar-refractivity contribution < 1.29 is 14.8 Å². The molecule has 1 atom stereocenters. The van der Waals surface area contributed by atoms with E-state index in [2.05, 4.69) is 19.2 Å². The lowest BCUT2D eigenvalue weighted by Crippen LogP contribution is -2.29. The molecule has 0 saturated heterocycles. The van der Waals surface area contributed by atoms with Crippen molar-refractivity contribution in [1.29, 1.82) is 0 Å². The zero-order valence-electron chi connectivity index (χ0n) is 12.5. The lowest BCUT2D eigenvalue weighted by molar-refractivity contribution is -0.385. The van der Waals surface area contributed by atoms with Crippen LogP contribution < -0.4 is 5.32 Å². The summed E-state index contributed by atoms with van der Waals surface area (Å²) < 4.78 is 0. The number of nitro benzene ring substituents is 1. The number of rotatable bonds is 8. The molecule has 6 heteroatoms. The lowest BCUT2D eigenvalue weighted by atomic mass is 9.99. The third-order valence-corrected chi connectivity index (χ3v) is 3.53. The highest BCUT2D eigenvalue weighted by atomic mass is 16.6. The van der Waals surface area contributed by atoms with Crippen molar-refractivity contribution >= 4 is 11.6 Å². The van der Waals surface area contributed by atoms with E-state index in [9.17, 15) is 20.0 Å². The molecule has 0 bridgehead atoms. The Kier molecular flexibility index (Phi) is 6.65. The van der Waals surface area contributed by atoms with Gasteiger partial charge in [0.25, 0.3) is 5.91 Å². The number of hydrogen-bond donors (Lipinski definition) is 2. The quantitative estimate of drug-likeness (QED) is 0.568. The van der Waals surface area contributed by atoms with E-state index >= 15 is 0 Å². The van der Waals surface area contributed by atoms with Gasteiger partial charge in [0, 0.05) is 18.2 Å². The first-order chi connectivity index (χ1) is 9.99. The van der Waals surface area contributed by atoms with Crippen LogP contribution in [0.2, 0.25) is 0 Å². The summed E-state index contributed by atoms with van der Waals surface area (Å²) in [5.41, 5.74) is -0.177. The van der Waals surface area contributed by atoms with E-state index in [1.807, 2.05) is 0 Å². The SMILES string of the molecule is CCCCC(CC)CNC(=O)c1ccc([N+](=O)[O-])c(O)c1. The number of phenolic OH excluding ortho intramolecular Hbond substituents is 1. The number of carbonyl (C=O) groups is 1. The highest BCUT2D eigenvalue weighted by Gasteiger charge is 2.16. The van der Waals surface area contributed by atoms with Crippen molar-refractivity contribution in [1.82, 2.24) is 5.32 Å². The van der Waals surface area contributed by atoms with Gasteiger partial charge in [-0.3, -0.25) is 14.9 Å². The van der Waals surface area contributed by atoms with Crippen molar-refractivity contribution in [2.24, 2.45) is 5.92 Å². The van der Waals surface area contributed by atoms with Crippen LogP contribution in [-0.2, 0) is 0 Å². The molecule has 1 amide bonds. The van der Waals surface area contributed by atoms with E-state index in [4.69, 9.17) is 0 Å². The molecule has 0 aliphatic rings. The first-order valence-electron chi connectivity index (χ1n) is 7.25. The Hall–Kier alpha value is -2.11. The number of nitrogens with one attached hydrogen (secondary N) is 1. The predicted octanol–water partition coefficient (Wildman–Crippen LogP) is 3.25. The number of nitro groups is 1. The van der Waals surface area contributed by atoms with E-state index in [0.717, 1.165) is 37.8 Å². The summed E-state index contributed by atoms with van der Waals surface area (Å²) in [6.07, 6.45) is 4.32. The van der Waals surface area contributed by atoms with Crippen LogP contribution in [-0.4, -0.2) is 22.5 Å². The molecule has 0 aliphatic heterocycles. The molecule has 0 spiro atoms. The normalized spacial score (nSPS) is 11.9. The van der Waals surface area contributed by atoms with E-state index < -0.39 is 16.4 Å². The Bertz CT molecular complexity index is 502. The number of aromatic hydroxyl groups is 1. The molecule has 2 N–H and O–H groups in total. The minimum Gasteiger partial charge on any atom is -0.502 e. The number of unbranched alkanes of at least 4 members (excludes halogenated alkanes) is 1. The zero-order valence-corrected chi connectivity index (χ0v) is 12.5. The largest absolute Gasteiger partial charge is 0.502 e. The number of benzene rings is 1. The van der Waals surface area contributed by atoms with Gasteiger partial charge in [-0.1, -0.05) is 33.1 Å². The van der Waals surface area contributed by atoms with Gasteiger partial charge < -0.3 is 10.4 Å². The molecule has 21 heavy (non-hydrogen) atoms. The molecule has 0 aromatic heterocycles. The van der Waals surface area contributed by atoms with Crippen LogP contribution in [0.4, 0.5) is 5.69 Å². The molecule has 1 rings (SSSR count). The monoisotopic (exact) mass is 294 g/mol. The van der Waals surface area contributed by atoms with Crippen LogP contribution >= 0.6 is 0 Å². The Morgan fingerprint density at radius 3 is 2.67 bits per heavy atom. The van der Waals surface area contributed by atoms with E-state index in [0.29, 0.717) is 12.5 Å². The van der Waals surface area contributed by atoms with E-state index in [1.165, 1.54) is 6.07 Å². The summed E-state index contributed by atoms with van der Waals surface area (Å²) in [6, 6.07) is 3.61. The third-order valence-electron chi connectivity index (χ3n) is 3.53. The summed E-state index contributed by atoms with van der Waals surface area (Å²) in [5, 5.41) is 22.9. The van der Waals surface area contributed by atoms with Gasteiger partial charge in [-0.05, 0) is 24.5 Å². The summed E-state index contributed by atoms with van der Waals surface area (Å²) in [7, 11) is 0. The Balaban J connectivity index is 2.63. The van der Waals surface area contributed by atoms with Gasteiger partial charge in [0.1, 0.15) is 0 Å². The van der Waals surface area contributed by atoms with E-state index in [-0.39, 0.29) is 11.5 Å². The summed E-state index contributed by atoms with van der Waals surface area (Å²) in [5.74, 6) is -0.388. The average Bonchev–Trinajstić information content (AvgIpc) is 2.46. The molecular weight excluding hydrogens is 272 g/mol. The molecule has 1 aromatic rings. The maximum absolute atomic E-state index is 12.0. The highest BCUT2D eigenvalue weighted by molar-refractivity contribution is 5.95. The maximum atomic E-state index is 12.0. The van der Waals surface area contributed by atoms with Gasteiger partial charge in [-0.2, -0.15) is 0 Å². The Morgan fingerprint density at radius 2 is 2.14 bits per heavy atom. The van der Waals surface area contributed by atoms with Gasteiger partial charge in [0.05, 0.1) is 4.92 Å². The number of phenols is 1. The zero-order chi connectivity index (χ0) is 15.8. The second-order valence-corrected chi connectivity index (χ2v) is 5.09. The predicted molar refractivity (Wildman–Crippen MR) is 80.4 cm³/mol. The molecule has 0 heterocycles. The van der Waals surface area contributed by atoms with Crippen molar-refractivity contribution in [3.05, 3.63) is 33.9 Å². The van der Waals surface area contributed by atoms with Crippen LogP contribution in [0.5, 0.6) is 5.75 Å². The van der Waals surface area contributed by atoms with Gasteiger partial charge in [-0.25, -0.2) is 0 Å². The van der Waals surface area contributed by atoms with Crippen molar-refractivity contribution in [2.45, 2.75) is 39.5 Å². The fourth-order valence-corrected chi connectivity index (χ4v) is 2.10. The molecule has 1 aromatic carbocycles. The van der Waals surface area contributed by atoms with Gasteiger partial charge in [0.2, 0.25) is 0 Å². The molecule has 0 saturated carbocycles. The van der Waals surface area contributed by atoms with Crippen LogP contribution in [0.25, 0.3) is 0 Å². The van der Waals surface area contributed by atoms with Crippen LogP contribution in [0, 0.1) is 16.0 Å². The second kappa shape index (κ2) is 8.24. The highest BCUT2D eigenvalue weighted by Crippen LogP contribution is 2.26. The Labute approximate surface area is 124 Å². The number of nitrogens with zero attached hydrogens (tertiary/aromatic N) is 1. The molecule has 0 aliphatic carbocycles. The molecule has 1 unspecified atom stereocenters. The standard InChI is InChI=1S/C15H22N2O4/c1-3-5-6-11(4-2)10-16-15(19)12-7-8-13(17(20)21)14(18)9-12/h7-9,11,18H,3-6,10H2,1-2H3,(H,16,19). The Morgan fingerprint density at radius 1 is 1.43 bits per heavy atom. The lowest BCUT2D eigenvalue weighted by Gasteiger charge is -2.15. The minimum atomic E-state index is -0.686.